The lowest BCUT2D eigenvalue weighted by Gasteiger charge is -2.33. The number of nitrogens with zero attached hydrogens (tertiary/aromatic N) is 4. The highest BCUT2D eigenvalue weighted by Crippen LogP contribution is 2.36. The average Bonchev–Trinajstić information content (AvgIpc) is 2.31. The highest BCUT2D eigenvalue weighted by Gasteiger charge is 2.28. The molecular weight excluding hydrogens is 264 g/mol. The normalized spacial score (nSPS) is 19.2. The molecule has 19 heavy (non-hydrogen) atoms. The number of rotatable bonds is 3. The van der Waals surface area contributed by atoms with Gasteiger partial charge in [-0.25, -0.2) is 0 Å². The standard InChI is InChI=1S/C13H21ClN4O/c1-13(2)7-5-9(6-8-13)19-12-16-10(14)15-11(17-12)18(3)4/h9H,5-8H2,1-4H3. The van der Waals surface area contributed by atoms with Crippen LogP contribution in [0.4, 0.5) is 5.95 Å². The van der Waals surface area contributed by atoms with E-state index in [0.29, 0.717) is 17.4 Å². The predicted octanol–water partition coefficient (Wildman–Crippen LogP) is 2.94. The van der Waals surface area contributed by atoms with Crippen LogP contribution in [0.5, 0.6) is 6.01 Å². The zero-order valence-electron chi connectivity index (χ0n) is 12.0. The molecule has 2 rings (SSSR count). The van der Waals surface area contributed by atoms with Gasteiger partial charge in [0, 0.05) is 14.1 Å². The Balaban J connectivity index is 2.03. The van der Waals surface area contributed by atoms with Crippen LogP contribution in [0.2, 0.25) is 5.28 Å². The van der Waals surface area contributed by atoms with Gasteiger partial charge >= 0.3 is 6.01 Å². The van der Waals surface area contributed by atoms with Crippen molar-refractivity contribution in [3.63, 3.8) is 0 Å². The smallest absolute Gasteiger partial charge is 0.322 e. The molecule has 106 valence electrons. The first kappa shape index (κ1) is 14.3. The highest BCUT2D eigenvalue weighted by atomic mass is 35.5. The van der Waals surface area contributed by atoms with Crippen LogP contribution >= 0.6 is 11.6 Å². The molecule has 1 saturated carbocycles. The third-order valence-corrected chi connectivity index (χ3v) is 3.70. The number of hydrogen-bond acceptors (Lipinski definition) is 5. The molecule has 0 aromatic carbocycles. The lowest BCUT2D eigenvalue weighted by Crippen LogP contribution is -2.29. The molecule has 1 aliphatic carbocycles. The zero-order valence-corrected chi connectivity index (χ0v) is 12.7. The van der Waals surface area contributed by atoms with E-state index in [-0.39, 0.29) is 11.4 Å². The molecule has 0 N–H and O–H groups in total. The number of halogens is 1. The van der Waals surface area contributed by atoms with Crippen molar-refractivity contribution in [2.45, 2.75) is 45.6 Å². The average molecular weight is 285 g/mol. The van der Waals surface area contributed by atoms with Crippen molar-refractivity contribution in [3.8, 4) is 6.01 Å². The molecule has 0 radical (unpaired) electrons. The molecule has 1 heterocycles. The molecule has 0 aliphatic heterocycles. The van der Waals surface area contributed by atoms with Gasteiger partial charge < -0.3 is 9.64 Å². The molecule has 1 fully saturated rings. The Bertz CT molecular complexity index is 440. The van der Waals surface area contributed by atoms with Crippen molar-refractivity contribution in [1.82, 2.24) is 15.0 Å². The Morgan fingerprint density at radius 1 is 1.16 bits per heavy atom. The number of anilines is 1. The minimum absolute atomic E-state index is 0.171. The summed E-state index contributed by atoms with van der Waals surface area (Å²) in [5.41, 5.74) is 0.422. The van der Waals surface area contributed by atoms with Crippen molar-refractivity contribution in [1.29, 1.82) is 0 Å². The van der Waals surface area contributed by atoms with Gasteiger partial charge in [-0.15, -0.1) is 0 Å². The molecule has 0 atom stereocenters. The van der Waals surface area contributed by atoms with Crippen LogP contribution in [0.25, 0.3) is 0 Å². The third-order valence-electron chi connectivity index (χ3n) is 3.53. The summed E-state index contributed by atoms with van der Waals surface area (Å²) in [7, 11) is 3.72. The minimum Gasteiger partial charge on any atom is -0.460 e. The Labute approximate surface area is 119 Å². The summed E-state index contributed by atoms with van der Waals surface area (Å²) in [5.74, 6) is 0.520. The first-order chi connectivity index (χ1) is 8.85. The summed E-state index contributed by atoms with van der Waals surface area (Å²) in [6.07, 6.45) is 4.58. The van der Waals surface area contributed by atoms with E-state index in [4.69, 9.17) is 16.3 Å². The molecule has 1 aromatic rings. The predicted molar refractivity (Wildman–Crippen MR) is 75.8 cm³/mol. The second kappa shape index (κ2) is 5.49. The van der Waals surface area contributed by atoms with Crippen LogP contribution in [0.1, 0.15) is 39.5 Å². The van der Waals surface area contributed by atoms with Gasteiger partial charge in [-0.05, 0) is 42.7 Å². The lowest BCUT2D eigenvalue weighted by molar-refractivity contribution is 0.0905. The maximum atomic E-state index is 5.89. The van der Waals surface area contributed by atoms with Gasteiger partial charge in [0.1, 0.15) is 6.10 Å². The Morgan fingerprint density at radius 3 is 2.37 bits per heavy atom. The Morgan fingerprint density at radius 2 is 1.79 bits per heavy atom. The fourth-order valence-corrected chi connectivity index (χ4v) is 2.36. The molecule has 6 heteroatoms. The topological polar surface area (TPSA) is 51.1 Å². The van der Waals surface area contributed by atoms with E-state index < -0.39 is 0 Å². The van der Waals surface area contributed by atoms with Crippen LogP contribution < -0.4 is 9.64 Å². The van der Waals surface area contributed by atoms with Crippen LogP contribution in [0, 0.1) is 5.41 Å². The first-order valence-electron chi connectivity index (χ1n) is 6.61. The second-order valence-corrected chi connectivity index (χ2v) is 6.40. The van der Waals surface area contributed by atoms with Crippen molar-refractivity contribution < 1.29 is 4.74 Å². The summed E-state index contributed by atoms with van der Waals surface area (Å²) in [4.78, 5) is 14.1. The summed E-state index contributed by atoms with van der Waals surface area (Å²) in [6, 6.07) is 0.327. The van der Waals surface area contributed by atoms with E-state index in [0.717, 1.165) is 25.7 Å². The highest BCUT2D eigenvalue weighted by molar-refractivity contribution is 6.28. The van der Waals surface area contributed by atoms with Gasteiger partial charge in [0.15, 0.2) is 0 Å². The molecule has 0 unspecified atom stereocenters. The van der Waals surface area contributed by atoms with E-state index in [1.54, 1.807) is 4.90 Å². The maximum Gasteiger partial charge on any atom is 0.322 e. The van der Waals surface area contributed by atoms with E-state index in [1.807, 2.05) is 14.1 Å². The summed E-state index contributed by atoms with van der Waals surface area (Å²) >= 11 is 5.89. The summed E-state index contributed by atoms with van der Waals surface area (Å²) < 4.78 is 5.85. The SMILES string of the molecule is CN(C)c1nc(Cl)nc(OC2CCC(C)(C)CC2)n1. The molecule has 0 amide bonds. The monoisotopic (exact) mass is 284 g/mol. The Hall–Kier alpha value is -1.10. The lowest BCUT2D eigenvalue weighted by atomic mass is 9.76. The first-order valence-corrected chi connectivity index (χ1v) is 6.99. The van der Waals surface area contributed by atoms with Gasteiger partial charge in [-0.2, -0.15) is 15.0 Å². The van der Waals surface area contributed by atoms with E-state index >= 15 is 0 Å². The van der Waals surface area contributed by atoms with E-state index in [9.17, 15) is 0 Å². The van der Waals surface area contributed by atoms with E-state index in [2.05, 4.69) is 28.8 Å². The van der Waals surface area contributed by atoms with Gasteiger partial charge in [0.25, 0.3) is 0 Å². The molecule has 1 aliphatic rings. The summed E-state index contributed by atoms with van der Waals surface area (Å²) in [6.45, 7) is 4.60. The minimum atomic E-state index is 0.171. The zero-order chi connectivity index (χ0) is 14.0. The second-order valence-electron chi connectivity index (χ2n) is 6.06. The Kier molecular flexibility index (Phi) is 4.13. The summed E-state index contributed by atoms with van der Waals surface area (Å²) in [5, 5.41) is 0.171. The number of ether oxygens (including phenoxy) is 1. The third kappa shape index (κ3) is 3.93. The fraction of sp³-hybridized carbons (Fsp3) is 0.769. The van der Waals surface area contributed by atoms with Crippen molar-refractivity contribution >= 4 is 17.5 Å². The largest absolute Gasteiger partial charge is 0.460 e. The number of aromatic nitrogens is 3. The van der Waals surface area contributed by atoms with Crippen LogP contribution in [0.3, 0.4) is 0 Å². The van der Waals surface area contributed by atoms with Crippen molar-refractivity contribution in [2.24, 2.45) is 5.41 Å². The number of hydrogen-bond donors (Lipinski definition) is 0. The van der Waals surface area contributed by atoms with Gasteiger partial charge in [0.2, 0.25) is 11.2 Å². The van der Waals surface area contributed by atoms with Crippen LogP contribution in [0.15, 0.2) is 0 Å². The molecule has 0 saturated heterocycles. The van der Waals surface area contributed by atoms with Gasteiger partial charge in [0.05, 0.1) is 0 Å². The molecule has 0 spiro atoms. The molecule has 1 aromatic heterocycles. The van der Waals surface area contributed by atoms with Gasteiger partial charge in [-0.3, -0.25) is 0 Å². The molecular formula is C13H21ClN4O. The van der Waals surface area contributed by atoms with Crippen molar-refractivity contribution in [2.75, 3.05) is 19.0 Å². The van der Waals surface area contributed by atoms with Crippen LogP contribution in [-0.2, 0) is 0 Å². The van der Waals surface area contributed by atoms with Gasteiger partial charge in [-0.1, -0.05) is 13.8 Å². The van der Waals surface area contributed by atoms with Crippen molar-refractivity contribution in [3.05, 3.63) is 5.28 Å². The molecule has 0 bridgehead atoms. The maximum absolute atomic E-state index is 5.89. The van der Waals surface area contributed by atoms with Crippen LogP contribution in [-0.4, -0.2) is 35.2 Å². The van der Waals surface area contributed by atoms with E-state index in [1.165, 1.54) is 0 Å². The quantitative estimate of drug-likeness (QED) is 0.854. The molecule has 5 nitrogen and oxygen atoms in total. The fourth-order valence-electron chi connectivity index (χ4n) is 2.21.